The Labute approximate surface area is 136 Å². The molecule has 0 unspecified atom stereocenters. The number of nitrogens with zero attached hydrogens (tertiary/aromatic N) is 4. The lowest BCUT2D eigenvalue weighted by Crippen LogP contribution is -2.27. The molecule has 0 aliphatic heterocycles. The fourth-order valence-corrected chi connectivity index (χ4v) is 2.34. The van der Waals surface area contributed by atoms with E-state index in [1.807, 2.05) is 0 Å². The maximum Gasteiger partial charge on any atom is 0.421 e. The molecule has 7 nitrogen and oxygen atoms in total. The summed E-state index contributed by atoms with van der Waals surface area (Å²) in [4.78, 5) is 10.9. The molecular formula is C13H14F3N5O2S. The van der Waals surface area contributed by atoms with Crippen molar-refractivity contribution in [3.63, 3.8) is 0 Å². The number of alkyl halides is 3. The highest BCUT2D eigenvalue weighted by atomic mass is 32.2. The molecule has 0 saturated heterocycles. The molecule has 24 heavy (non-hydrogen) atoms. The molecule has 0 spiro atoms. The number of hydrogen-bond acceptors (Lipinski definition) is 6. The van der Waals surface area contributed by atoms with Gasteiger partial charge in [-0.2, -0.15) is 13.2 Å². The number of halogens is 3. The predicted octanol–water partition coefficient (Wildman–Crippen LogP) is 1.90. The average molecular weight is 361 g/mol. The van der Waals surface area contributed by atoms with Gasteiger partial charge in [0.1, 0.15) is 23.5 Å². The quantitative estimate of drug-likeness (QED) is 0.875. The summed E-state index contributed by atoms with van der Waals surface area (Å²) in [5.41, 5.74) is -0.607. The molecule has 130 valence electrons. The Balaban J connectivity index is 2.29. The Morgan fingerprint density at radius 2 is 2.00 bits per heavy atom. The first-order chi connectivity index (χ1) is 11.1. The fraction of sp³-hybridized carbons (Fsp3) is 0.308. The van der Waals surface area contributed by atoms with Crippen molar-refractivity contribution in [2.24, 2.45) is 0 Å². The van der Waals surface area contributed by atoms with Gasteiger partial charge in [-0.3, -0.25) is 4.31 Å². The minimum atomic E-state index is -4.61. The zero-order valence-corrected chi connectivity index (χ0v) is 13.6. The van der Waals surface area contributed by atoms with Gasteiger partial charge < -0.3 is 5.32 Å². The molecule has 2 rings (SSSR count). The molecule has 0 aromatic carbocycles. The van der Waals surface area contributed by atoms with Gasteiger partial charge in [-0.05, 0) is 6.07 Å². The second kappa shape index (κ2) is 6.59. The van der Waals surface area contributed by atoms with E-state index in [4.69, 9.17) is 0 Å². The lowest BCUT2D eigenvalue weighted by Gasteiger charge is -2.19. The Morgan fingerprint density at radius 1 is 1.29 bits per heavy atom. The summed E-state index contributed by atoms with van der Waals surface area (Å²) in [6.45, 7) is -0.0941. The summed E-state index contributed by atoms with van der Waals surface area (Å²) in [6, 6.07) is 3.12. The van der Waals surface area contributed by atoms with Gasteiger partial charge in [-0.15, -0.1) is 0 Å². The third-order valence-corrected chi connectivity index (χ3v) is 4.30. The van der Waals surface area contributed by atoms with Crippen molar-refractivity contribution < 1.29 is 21.6 Å². The molecule has 0 aliphatic rings. The molecule has 0 saturated carbocycles. The van der Waals surface area contributed by atoms with Crippen LogP contribution in [0.1, 0.15) is 11.1 Å². The molecule has 0 aliphatic carbocycles. The number of sulfonamides is 1. The lowest BCUT2D eigenvalue weighted by molar-refractivity contribution is -0.137. The van der Waals surface area contributed by atoms with E-state index < -0.39 is 27.6 Å². The van der Waals surface area contributed by atoms with Gasteiger partial charge in [-0.25, -0.2) is 23.4 Å². The maximum atomic E-state index is 12.9. The zero-order chi connectivity index (χ0) is 18.0. The summed E-state index contributed by atoms with van der Waals surface area (Å²) >= 11 is 0. The average Bonchev–Trinajstić information content (AvgIpc) is 2.51. The molecule has 2 aromatic heterocycles. The van der Waals surface area contributed by atoms with Gasteiger partial charge in [-0.1, -0.05) is 6.07 Å². The number of hydrogen-bond donors (Lipinski definition) is 1. The molecule has 2 aromatic rings. The number of rotatable bonds is 5. The van der Waals surface area contributed by atoms with Crippen LogP contribution in [0.3, 0.4) is 0 Å². The van der Waals surface area contributed by atoms with Crippen molar-refractivity contribution in [1.29, 1.82) is 0 Å². The summed E-state index contributed by atoms with van der Waals surface area (Å²) in [6.07, 6.45) is -0.547. The van der Waals surface area contributed by atoms with Gasteiger partial charge >= 0.3 is 6.18 Å². The minimum absolute atomic E-state index is 0.0941. The number of nitrogens with one attached hydrogen (secondary N) is 1. The fourth-order valence-electron chi connectivity index (χ4n) is 1.87. The largest absolute Gasteiger partial charge is 0.421 e. The van der Waals surface area contributed by atoms with Crippen LogP contribution in [-0.4, -0.2) is 36.7 Å². The molecule has 0 amide bonds. The van der Waals surface area contributed by atoms with E-state index in [9.17, 15) is 21.6 Å². The maximum absolute atomic E-state index is 12.9. The molecular weight excluding hydrogens is 347 g/mol. The number of aromatic nitrogens is 3. The van der Waals surface area contributed by atoms with Gasteiger partial charge in [0.2, 0.25) is 10.0 Å². The first-order valence-electron chi connectivity index (χ1n) is 6.59. The molecule has 0 atom stereocenters. The van der Waals surface area contributed by atoms with Gasteiger partial charge in [0.15, 0.2) is 0 Å². The normalized spacial score (nSPS) is 12.0. The molecule has 1 N–H and O–H groups in total. The second-order valence-electron chi connectivity index (χ2n) is 4.85. The van der Waals surface area contributed by atoms with Gasteiger partial charge in [0.25, 0.3) is 0 Å². The van der Waals surface area contributed by atoms with Crippen molar-refractivity contribution in [3.05, 3.63) is 42.0 Å². The third-order valence-electron chi connectivity index (χ3n) is 3.13. The monoisotopic (exact) mass is 361 g/mol. The van der Waals surface area contributed by atoms with E-state index in [1.54, 1.807) is 12.1 Å². The van der Waals surface area contributed by atoms with Crippen LogP contribution >= 0.6 is 0 Å². The van der Waals surface area contributed by atoms with Crippen LogP contribution in [-0.2, 0) is 22.7 Å². The Bertz CT molecular complexity index is 826. The van der Waals surface area contributed by atoms with Crippen molar-refractivity contribution in [2.75, 3.05) is 22.9 Å². The van der Waals surface area contributed by atoms with E-state index in [-0.39, 0.29) is 12.4 Å². The summed E-state index contributed by atoms with van der Waals surface area (Å²) in [7, 11) is -2.24. The van der Waals surface area contributed by atoms with Crippen LogP contribution in [0.15, 0.2) is 30.9 Å². The lowest BCUT2D eigenvalue weighted by atomic mass is 10.2. The van der Waals surface area contributed by atoms with Crippen LogP contribution in [0.4, 0.5) is 24.8 Å². The highest BCUT2D eigenvalue weighted by molar-refractivity contribution is 7.92. The van der Waals surface area contributed by atoms with Crippen LogP contribution < -0.4 is 9.62 Å². The van der Waals surface area contributed by atoms with Crippen molar-refractivity contribution in [3.8, 4) is 0 Å². The summed E-state index contributed by atoms with van der Waals surface area (Å²) in [5, 5.41) is 2.55. The zero-order valence-electron chi connectivity index (χ0n) is 12.7. The van der Waals surface area contributed by atoms with Crippen molar-refractivity contribution in [1.82, 2.24) is 15.0 Å². The van der Waals surface area contributed by atoms with E-state index >= 15 is 0 Å². The first-order valence-corrected chi connectivity index (χ1v) is 8.44. The standard InChI is InChI=1S/C13H14F3N5O2S/c1-21(24(2,22)23)12-9(4-3-5-18-12)6-19-11-10(13(14,15)16)7-17-8-20-11/h3-5,7-8H,6H2,1-2H3,(H,17,19,20). The topological polar surface area (TPSA) is 88.1 Å². The smallest absolute Gasteiger partial charge is 0.365 e. The van der Waals surface area contributed by atoms with E-state index in [0.29, 0.717) is 11.8 Å². The highest BCUT2D eigenvalue weighted by Gasteiger charge is 2.34. The first kappa shape index (κ1) is 17.9. The molecule has 0 radical (unpaired) electrons. The van der Waals surface area contributed by atoms with Crippen LogP contribution in [0.5, 0.6) is 0 Å². The summed E-state index contributed by atoms with van der Waals surface area (Å²) < 4.78 is 63.0. The van der Waals surface area contributed by atoms with Crippen molar-refractivity contribution in [2.45, 2.75) is 12.7 Å². The second-order valence-corrected chi connectivity index (χ2v) is 6.87. The summed E-state index contributed by atoms with van der Waals surface area (Å²) in [5.74, 6) is -0.274. The minimum Gasteiger partial charge on any atom is -0.365 e. The third kappa shape index (κ3) is 4.10. The Kier molecular flexibility index (Phi) is 4.92. The van der Waals surface area contributed by atoms with Crippen LogP contribution in [0.25, 0.3) is 0 Å². The predicted molar refractivity (Wildman–Crippen MR) is 81.8 cm³/mol. The Morgan fingerprint density at radius 3 is 2.62 bits per heavy atom. The molecule has 11 heteroatoms. The number of anilines is 2. The Hall–Kier alpha value is -2.43. The van der Waals surface area contributed by atoms with Crippen LogP contribution in [0.2, 0.25) is 0 Å². The van der Waals surface area contributed by atoms with Crippen LogP contribution in [0, 0.1) is 0 Å². The van der Waals surface area contributed by atoms with E-state index in [0.717, 1.165) is 16.9 Å². The molecule has 0 fully saturated rings. The van der Waals surface area contributed by atoms with Gasteiger partial charge in [0.05, 0.1) is 6.26 Å². The van der Waals surface area contributed by atoms with E-state index in [1.165, 1.54) is 13.2 Å². The van der Waals surface area contributed by atoms with E-state index in [2.05, 4.69) is 20.3 Å². The van der Waals surface area contributed by atoms with Crippen molar-refractivity contribution >= 4 is 21.7 Å². The highest BCUT2D eigenvalue weighted by Crippen LogP contribution is 2.33. The molecule has 2 heterocycles. The van der Waals surface area contributed by atoms with Gasteiger partial charge in [0, 0.05) is 31.5 Å². The SMILES string of the molecule is CN(c1ncccc1CNc1ncncc1C(F)(F)F)S(C)(=O)=O. The number of pyridine rings is 1. The molecule has 0 bridgehead atoms.